The van der Waals surface area contributed by atoms with Gasteiger partial charge >= 0.3 is 5.97 Å². The zero-order valence-electron chi connectivity index (χ0n) is 15.4. The Labute approximate surface area is 158 Å². The third-order valence-corrected chi connectivity index (χ3v) is 4.84. The van der Waals surface area contributed by atoms with Gasteiger partial charge in [0.15, 0.2) is 0 Å². The van der Waals surface area contributed by atoms with Gasteiger partial charge in [0.05, 0.1) is 17.9 Å². The second kappa shape index (κ2) is 7.68. The standard InChI is InChI=1S/C20H24FNO3S/c1-5-25-17(24)10-20(22,26)15-9-14(8-12(3)19(15)21)18-13(4)11(2)6-7-16(18)23/h6-9,23,26H,5,10,22H2,1-4H3/t20-/m0/s1. The third kappa shape index (κ3) is 4.02. The zero-order valence-corrected chi connectivity index (χ0v) is 16.3. The van der Waals surface area contributed by atoms with Gasteiger partial charge < -0.3 is 15.6 Å². The van der Waals surface area contributed by atoms with Crippen molar-refractivity contribution in [3.8, 4) is 16.9 Å². The number of phenols is 1. The highest BCUT2D eigenvalue weighted by Crippen LogP contribution is 2.39. The van der Waals surface area contributed by atoms with Gasteiger partial charge in [-0.25, -0.2) is 4.39 Å². The van der Waals surface area contributed by atoms with Crippen molar-refractivity contribution >= 4 is 18.6 Å². The van der Waals surface area contributed by atoms with Gasteiger partial charge in [-0.05, 0) is 68.1 Å². The quantitative estimate of drug-likeness (QED) is 0.416. The van der Waals surface area contributed by atoms with Gasteiger partial charge in [0.25, 0.3) is 0 Å². The molecule has 2 aromatic carbocycles. The topological polar surface area (TPSA) is 72.5 Å². The van der Waals surface area contributed by atoms with Crippen LogP contribution in [-0.2, 0) is 14.4 Å². The van der Waals surface area contributed by atoms with E-state index in [2.05, 4.69) is 12.6 Å². The number of carbonyl (C=O) groups is 1. The van der Waals surface area contributed by atoms with Crippen molar-refractivity contribution in [3.05, 3.63) is 52.3 Å². The van der Waals surface area contributed by atoms with Crippen LogP contribution in [0, 0.1) is 26.6 Å². The molecule has 1 atom stereocenters. The minimum absolute atomic E-state index is 0.0872. The molecular formula is C20H24FNO3S. The molecule has 3 N–H and O–H groups in total. The van der Waals surface area contributed by atoms with Crippen LogP contribution in [0.25, 0.3) is 11.1 Å². The first kappa shape index (κ1) is 20.3. The van der Waals surface area contributed by atoms with Gasteiger partial charge in [-0.1, -0.05) is 6.07 Å². The molecule has 0 fully saturated rings. The zero-order chi connectivity index (χ0) is 19.6. The summed E-state index contributed by atoms with van der Waals surface area (Å²) in [5, 5.41) is 10.3. The summed E-state index contributed by atoms with van der Waals surface area (Å²) < 4.78 is 19.7. The Kier molecular flexibility index (Phi) is 5.98. The van der Waals surface area contributed by atoms with E-state index >= 15 is 0 Å². The van der Waals surface area contributed by atoms with E-state index in [4.69, 9.17) is 10.5 Å². The van der Waals surface area contributed by atoms with Crippen LogP contribution in [0.4, 0.5) is 4.39 Å². The van der Waals surface area contributed by atoms with Gasteiger partial charge in [-0.3, -0.25) is 4.79 Å². The first-order chi connectivity index (χ1) is 12.1. The third-order valence-electron chi connectivity index (χ3n) is 4.44. The van der Waals surface area contributed by atoms with E-state index in [0.717, 1.165) is 11.1 Å². The lowest BCUT2D eigenvalue weighted by atomic mass is 9.91. The Morgan fingerprint density at radius 2 is 1.92 bits per heavy atom. The monoisotopic (exact) mass is 377 g/mol. The Morgan fingerprint density at radius 1 is 1.27 bits per heavy atom. The first-order valence-corrected chi connectivity index (χ1v) is 8.80. The van der Waals surface area contributed by atoms with E-state index in [0.29, 0.717) is 16.7 Å². The average Bonchev–Trinajstić information content (AvgIpc) is 2.54. The number of aromatic hydroxyl groups is 1. The predicted octanol–water partition coefficient (Wildman–Crippen LogP) is 4.12. The molecule has 0 aliphatic heterocycles. The number of rotatable bonds is 5. The van der Waals surface area contributed by atoms with E-state index in [9.17, 15) is 14.3 Å². The summed E-state index contributed by atoms with van der Waals surface area (Å²) in [6.45, 7) is 7.32. The fourth-order valence-corrected chi connectivity index (χ4v) is 3.21. The molecule has 4 nitrogen and oxygen atoms in total. The smallest absolute Gasteiger partial charge is 0.308 e. The molecule has 0 radical (unpaired) electrons. The lowest BCUT2D eigenvalue weighted by Gasteiger charge is -2.25. The Hall–Kier alpha value is -2.05. The van der Waals surface area contributed by atoms with Crippen LogP contribution in [0.15, 0.2) is 24.3 Å². The number of carbonyl (C=O) groups excluding carboxylic acids is 1. The SMILES string of the molecule is CCOC(=O)C[C@](N)(S)c1cc(-c2c(O)ccc(C)c2C)cc(C)c1F. The fraction of sp³-hybridized carbons (Fsp3) is 0.350. The molecule has 0 unspecified atom stereocenters. The van der Waals surface area contributed by atoms with Crippen LogP contribution in [0.3, 0.4) is 0 Å². The number of thiol groups is 1. The van der Waals surface area contributed by atoms with Gasteiger partial charge in [-0.2, -0.15) is 12.6 Å². The summed E-state index contributed by atoms with van der Waals surface area (Å²) in [6.07, 6.45) is -0.275. The number of benzene rings is 2. The van der Waals surface area contributed by atoms with Crippen molar-refractivity contribution in [3.63, 3.8) is 0 Å². The maximum atomic E-state index is 14.8. The molecule has 0 aliphatic carbocycles. The highest BCUT2D eigenvalue weighted by molar-refractivity contribution is 7.81. The van der Waals surface area contributed by atoms with Gasteiger partial charge in [-0.15, -0.1) is 0 Å². The highest BCUT2D eigenvalue weighted by Gasteiger charge is 2.31. The largest absolute Gasteiger partial charge is 0.507 e. The number of hydrogen-bond donors (Lipinski definition) is 3. The molecule has 0 amide bonds. The number of nitrogens with two attached hydrogens (primary N) is 1. The second-order valence-corrected chi connectivity index (χ2v) is 7.26. The number of phenolic OH excluding ortho intramolecular Hbond substituents is 1. The second-order valence-electron chi connectivity index (χ2n) is 6.46. The number of esters is 1. The maximum absolute atomic E-state index is 14.8. The van der Waals surface area contributed by atoms with Crippen LogP contribution in [-0.4, -0.2) is 17.7 Å². The summed E-state index contributed by atoms with van der Waals surface area (Å²) in [4.78, 5) is 10.3. The van der Waals surface area contributed by atoms with E-state index < -0.39 is 16.7 Å². The van der Waals surface area contributed by atoms with Crippen molar-refractivity contribution in [2.75, 3.05) is 6.61 Å². The van der Waals surface area contributed by atoms with Crippen molar-refractivity contribution in [1.29, 1.82) is 0 Å². The molecule has 0 saturated heterocycles. The molecule has 0 aliphatic rings. The van der Waals surface area contributed by atoms with Crippen molar-refractivity contribution in [2.24, 2.45) is 5.73 Å². The molecular weight excluding hydrogens is 353 g/mol. The molecule has 6 heteroatoms. The lowest BCUT2D eigenvalue weighted by molar-refractivity contribution is -0.143. The molecule has 0 saturated carbocycles. The van der Waals surface area contributed by atoms with Crippen LogP contribution >= 0.6 is 12.6 Å². The summed E-state index contributed by atoms with van der Waals surface area (Å²) in [5.74, 6) is -0.986. The van der Waals surface area contributed by atoms with E-state index in [1.54, 1.807) is 26.0 Å². The van der Waals surface area contributed by atoms with E-state index in [1.165, 1.54) is 6.07 Å². The lowest BCUT2D eigenvalue weighted by Crippen LogP contribution is -2.35. The van der Waals surface area contributed by atoms with Gasteiger partial charge in [0.2, 0.25) is 0 Å². The molecule has 2 aromatic rings. The van der Waals surface area contributed by atoms with Crippen LogP contribution < -0.4 is 5.73 Å². The Morgan fingerprint density at radius 3 is 2.54 bits per heavy atom. The van der Waals surface area contributed by atoms with Gasteiger partial charge in [0, 0.05) is 11.1 Å². The molecule has 26 heavy (non-hydrogen) atoms. The van der Waals surface area contributed by atoms with Crippen LogP contribution in [0.2, 0.25) is 0 Å². The number of ether oxygens (including phenoxy) is 1. The highest BCUT2D eigenvalue weighted by atomic mass is 32.1. The van der Waals surface area contributed by atoms with Gasteiger partial charge in [0.1, 0.15) is 11.6 Å². The number of aryl methyl sites for hydroxylation is 2. The number of halogens is 1. The van der Waals surface area contributed by atoms with Crippen molar-refractivity contribution in [1.82, 2.24) is 0 Å². The normalized spacial score (nSPS) is 13.3. The fourth-order valence-electron chi connectivity index (χ4n) is 2.92. The first-order valence-electron chi connectivity index (χ1n) is 8.35. The number of hydrogen-bond acceptors (Lipinski definition) is 5. The molecule has 0 aromatic heterocycles. The predicted molar refractivity (Wildman–Crippen MR) is 104 cm³/mol. The van der Waals surface area contributed by atoms with Crippen LogP contribution in [0.5, 0.6) is 5.75 Å². The minimum Gasteiger partial charge on any atom is -0.507 e. The molecule has 140 valence electrons. The summed E-state index contributed by atoms with van der Waals surface area (Å²) in [5.41, 5.74) is 9.70. The van der Waals surface area contributed by atoms with E-state index in [-0.39, 0.29) is 24.3 Å². The molecule has 0 spiro atoms. The minimum atomic E-state index is -1.54. The molecule has 0 heterocycles. The molecule has 0 bridgehead atoms. The van der Waals surface area contributed by atoms with Crippen molar-refractivity contribution < 1.29 is 19.0 Å². The average molecular weight is 377 g/mol. The van der Waals surface area contributed by atoms with Crippen LogP contribution in [0.1, 0.15) is 35.6 Å². The molecule has 2 rings (SSSR count). The Bertz CT molecular complexity index is 849. The van der Waals surface area contributed by atoms with Crippen molar-refractivity contribution in [2.45, 2.75) is 39.0 Å². The summed E-state index contributed by atoms with van der Waals surface area (Å²) in [6, 6.07) is 6.60. The Balaban J connectivity index is 2.61. The summed E-state index contributed by atoms with van der Waals surface area (Å²) >= 11 is 4.33. The maximum Gasteiger partial charge on any atom is 0.308 e. The summed E-state index contributed by atoms with van der Waals surface area (Å²) in [7, 11) is 0. The van der Waals surface area contributed by atoms with E-state index in [1.807, 2.05) is 19.9 Å².